The van der Waals surface area contributed by atoms with Crippen molar-refractivity contribution in [3.8, 4) is 11.5 Å². The van der Waals surface area contributed by atoms with Crippen LogP contribution in [0.2, 0.25) is 0 Å². The second-order valence-corrected chi connectivity index (χ2v) is 8.71. The number of aromatic nitrogens is 1. The first kappa shape index (κ1) is 22.5. The molecular formula is C26H24N2O7. The van der Waals surface area contributed by atoms with Crippen LogP contribution in [0.5, 0.6) is 11.5 Å². The van der Waals surface area contributed by atoms with E-state index in [2.05, 4.69) is 10.3 Å². The quantitative estimate of drug-likeness (QED) is 0.300. The Morgan fingerprint density at radius 1 is 1.09 bits per heavy atom. The van der Waals surface area contributed by atoms with Crippen LogP contribution in [-0.4, -0.2) is 39.7 Å². The standard InChI is InChI=1S/C26H24N2O7/c29-15-5-8-21-20(10-15)14(12-27-21)9-22(25(31)32)28-24(30)13-34-16-6-7-18-17-3-1-2-4-19(17)26(33)35-23(18)11-16/h5-8,10-12,22,27,29H,1-4,9,13H2,(H,28,30)(H,31,32). The van der Waals surface area contributed by atoms with Crippen LogP contribution < -0.4 is 15.7 Å². The maximum atomic E-state index is 12.5. The first-order chi connectivity index (χ1) is 16.9. The van der Waals surface area contributed by atoms with Gasteiger partial charge < -0.3 is 29.7 Å². The molecule has 2 heterocycles. The van der Waals surface area contributed by atoms with E-state index in [1.165, 1.54) is 6.07 Å². The van der Waals surface area contributed by atoms with Gasteiger partial charge in [0.05, 0.1) is 0 Å². The van der Waals surface area contributed by atoms with Crippen molar-refractivity contribution in [3.05, 3.63) is 69.7 Å². The van der Waals surface area contributed by atoms with Gasteiger partial charge in [0.25, 0.3) is 5.91 Å². The summed E-state index contributed by atoms with van der Waals surface area (Å²) in [6.45, 7) is -0.404. The third kappa shape index (κ3) is 4.57. The maximum Gasteiger partial charge on any atom is 0.339 e. The lowest BCUT2D eigenvalue weighted by Gasteiger charge is -2.17. The molecule has 0 saturated carbocycles. The van der Waals surface area contributed by atoms with Crippen molar-refractivity contribution in [2.45, 2.75) is 38.1 Å². The summed E-state index contributed by atoms with van der Waals surface area (Å²) < 4.78 is 11.0. The van der Waals surface area contributed by atoms with E-state index >= 15 is 0 Å². The molecule has 0 spiro atoms. The molecule has 0 fully saturated rings. The number of rotatable bonds is 7. The van der Waals surface area contributed by atoms with Gasteiger partial charge in [-0.1, -0.05) is 0 Å². The minimum atomic E-state index is -1.19. The molecule has 0 aliphatic heterocycles. The number of H-pyrrole nitrogens is 1. The maximum absolute atomic E-state index is 12.5. The average molecular weight is 476 g/mol. The monoisotopic (exact) mass is 476 g/mol. The molecule has 1 unspecified atom stereocenters. The number of carboxylic acid groups (broad SMARTS) is 1. The van der Waals surface area contributed by atoms with Crippen LogP contribution in [0.4, 0.5) is 0 Å². The van der Waals surface area contributed by atoms with Crippen molar-refractivity contribution in [3.63, 3.8) is 0 Å². The fourth-order valence-electron chi connectivity index (χ4n) is 4.66. The van der Waals surface area contributed by atoms with Crippen molar-refractivity contribution in [2.75, 3.05) is 6.61 Å². The number of amides is 1. The van der Waals surface area contributed by atoms with Gasteiger partial charge >= 0.3 is 11.6 Å². The number of phenols is 1. The second kappa shape index (κ2) is 9.17. The number of hydrogen-bond donors (Lipinski definition) is 4. The van der Waals surface area contributed by atoms with E-state index in [-0.39, 0.29) is 17.8 Å². The Morgan fingerprint density at radius 2 is 1.89 bits per heavy atom. The van der Waals surface area contributed by atoms with Gasteiger partial charge in [-0.3, -0.25) is 4.79 Å². The fourth-order valence-corrected chi connectivity index (χ4v) is 4.66. The largest absolute Gasteiger partial charge is 0.508 e. The molecule has 0 bridgehead atoms. The molecule has 1 aliphatic carbocycles. The number of nitrogens with one attached hydrogen (secondary N) is 2. The first-order valence-electron chi connectivity index (χ1n) is 11.4. The van der Waals surface area contributed by atoms with Crippen LogP contribution in [0.15, 0.2) is 51.8 Å². The smallest absolute Gasteiger partial charge is 0.339 e. The van der Waals surface area contributed by atoms with Crippen LogP contribution in [0.25, 0.3) is 21.9 Å². The zero-order chi connectivity index (χ0) is 24.5. The van der Waals surface area contributed by atoms with Gasteiger partial charge in [-0.15, -0.1) is 0 Å². The number of carboxylic acids is 1. The van der Waals surface area contributed by atoms with Gasteiger partial charge in [-0.2, -0.15) is 0 Å². The van der Waals surface area contributed by atoms with E-state index in [1.807, 2.05) is 6.07 Å². The highest BCUT2D eigenvalue weighted by Crippen LogP contribution is 2.29. The molecular weight excluding hydrogens is 452 g/mol. The van der Waals surface area contributed by atoms with Crippen LogP contribution in [0, 0.1) is 0 Å². The van der Waals surface area contributed by atoms with Gasteiger partial charge in [-0.05, 0) is 67.1 Å². The molecule has 0 radical (unpaired) electrons. The summed E-state index contributed by atoms with van der Waals surface area (Å²) in [4.78, 5) is 39.6. The van der Waals surface area contributed by atoms with E-state index < -0.39 is 24.5 Å². The summed E-state index contributed by atoms with van der Waals surface area (Å²) in [5, 5.41) is 23.4. The molecule has 2 aromatic carbocycles. The van der Waals surface area contributed by atoms with Gasteiger partial charge in [-0.25, -0.2) is 9.59 Å². The average Bonchev–Trinajstić information content (AvgIpc) is 3.24. The third-order valence-electron chi connectivity index (χ3n) is 6.37. The van der Waals surface area contributed by atoms with Crippen LogP contribution in [-0.2, 0) is 28.9 Å². The molecule has 35 heavy (non-hydrogen) atoms. The van der Waals surface area contributed by atoms with Crippen molar-refractivity contribution in [1.29, 1.82) is 0 Å². The number of aryl methyl sites for hydroxylation is 1. The number of fused-ring (bicyclic) bond motifs is 4. The first-order valence-corrected chi connectivity index (χ1v) is 11.4. The number of aliphatic carboxylic acids is 1. The second-order valence-electron chi connectivity index (χ2n) is 8.71. The molecule has 5 rings (SSSR count). The number of benzene rings is 2. The number of carbonyl (C=O) groups excluding carboxylic acids is 1. The van der Waals surface area contributed by atoms with Crippen LogP contribution >= 0.6 is 0 Å². The molecule has 1 aliphatic rings. The number of ether oxygens (including phenoxy) is 1. The number of hydrogen-bond acceptors (Lipinski definition) is 6. The highest BCUT2D eigenvalue weighted by molar-refractivity contribution is 5.88. The van der Waals surface area contributed by atoms with E-state index in [1.54, 1.807) is 30.5 Å². The Hall–Kier alpha value is -4.27. The third-order valence-corrected chi connectivity index (χ3v) is 6.37. The van der Waals surface area contributed by atoms with Crippen molar-refractivity contribution in [1.82, 2.24) is 10.3 Å². The minimum absolute atomic E-state index is 0.0246. The Balaban J connectivity index is 1.27. The van der Waals surface area contributed by atoms with Gasteiger partial charge in [0.15, 0.2) is 6.61 Å². The number of aromatic amines is 1. The number of aromatic hydroxyl groups is 1. The molecule has 9 nitrogen and oxygen atoms in total. The summed E-state index contributed by atoms with van der Waals surface area (Å²) in [5.74, 6) is -1.39. The molecule has 0 saturated heterocycles. The Labute approximate surface area is 199 Å². The lowest BCUT2D eigenvalue weighted by atomic mass is 9.91. The zero-order valence-corrected chi connectivity index (χ0v) is 18.8. The van der Waals surface area contributed by atoms with Gasteiger partial charge in [0.1, 0.15) is 23.1 Å². The molecule has 4 aromatic rings. The molecule has 2 aromatic heterocycles. The Kier molecular flexibility index (Phi) is 5.90. The zero-order valence-electron chi connectivity index (χ0n) is 18.8. The molecule has 9 heteroatoms. The molecule has 1 atom stereocenters. The summed E-state index contributed by atoms with van der Waals surface area (Å²) >= 11 is 0. The van der Waals surface area contributed by atoms with E-state index in [9.17, 15) is 24.6 Å². The fraction of sp³-hybridized carbons (Fsp3) is 0.269. The predicted octanol–water partition coefficient (Wildman–Crippen LogP) is 3.05. The number of carbonyl (C=O) groups is 2. The summed E-state index contributed by atoms with van der Waals surface area (Å²) in [5.41, 5.74) is 3.22. The van der Waals surface area contributed by atoms with Gasteiger partial charge in [0, 0.05) is 40.5 Å². The lowest BCUT2D eigenvalue weighted by Crippen LogP contribution is -2.44. The molecule has 1 amide bonds. The van der Waals surface area contributed by atoms with Crippen molar-refractivity contribution in [2.24, 2.45) is 0 Å². The normalized spacial score (nSPS) is 13.9. The van der Waals surface area contributed by atoms with E-state index in [0.29, 0.717) is 22.3 Å². The predicted molar refractivity (Wildman–Crippen MR) is 128 cm³/mol. The van der Waals surface area contributed by atoms with E-state index in [0.717, 1.165) is 47.7 Å². The van der Waals surface area contributed by atoms with Crippen molar-refractivity contribution < 1.29 is 29.0 Å². The van der Waals surface area contributed by atoms with Gasteiger partial charge in [0.2, 0.25) is 0 Å². The highest BCUT2D eigenvalue weighted by atomic mass is 16.5. The summed E-state index contributed by atoms with van der Waals surface area (Å²) in [6.07, 6.45) is 5.22. The van der Waals surface area contributed by atoms with Crippen LogP contribution in [0.1, 0.15) is 29.5 Å². The minimum Gasteiger partial charge on any atom is -0.508 e. The highest BCUT2D eigenvalue weighted by Gasteiger charge is 2.23. The lowest BCUT2D eigenvalue weighted by molar-refractivity contribution is -0.142. The van der Waals surface area contributed by atoms with Crippen molar-refractivity contribution >= 4 is 33.7 Å². The SMILES string of the molecule is O=C(COc1ccc2c3c(c(=O)oc2c1)CCCC3)NC(Cc1c[nH]c2ccc(O)cc12)C(=O)O. The Morgan fingerprint density at radius 3 is 2.69 bits per heavy atom. The molecule has 180 valence electrons. The Bertz CT molecular complexity index is 1500. The summed E-state index contributed by atoms with van der Waals surface area (Å²) in [6, 6.07) is 8.68. The van der Waals surface area contributed by atoms with E-state index in [4.69, 9.17) is 9.15 Å². The van der Waals surface area contributed by atoms with Crippen LogP contribution in [0.3, 0.4) is 0 Å². The molecule has 4 N–H and O–H groups in total. The number of phenolic OH excluding ortho intramolecular Hbond substituents is 1. The topological polar surface area (TPSA) is 142 Å². The summed E-state index contributed by atoms with van der Waals surface area (Å²) in [7, 11) is 0.